The number of nitrogen functional groups attached to an aromatic ring is 1. The van der Waals surface area contributed by atoms with Gasteiger partial charge in [-0.3, -0.25) is 9.78 Å². The summed E-state index contributed by atoms with van der Waals surface area (Å²) in [5.41, 5.74) is 6.33. The average Bonchev–Trinajstić information content (AvgIpc) is 2.61. The molecule has 8 heteroatoms. The highest BCUT2D eigenvalue weighted by Crippen LogP contribution is 2.23. The average molecular weight is 332 g/mol. The third-order valence-electron chi connectivity index (χ3n) is 3.66. The summed E-state index contributed by atoms with van der Waals surface area (Å²) >= 11 is 0. The second-order valence-corrected chi connectivity index (χ2v) is 5.27. The largest absolute Gasteiger partial charge is 0.484 e. The number of morpholine rings is 1. The minimum absolute atomic E-state index is 0.131. The minimum atomic E-state index is -0.415. The summed E-state index contributed by atoms with van der Waals surface area (Å²) in [6.45, 7) is 1.04. The molecule has 2 N–H and O–H groups in total. The number of hydrogen-bond acceptors (Lipinski definition) is 6. The highest BCUT2D eigenvalue weighted by atomic mass is 19.1. The highest BCUT2D eigenvalue weighted by molar-refractivity contribution is 5.78. The maximum absolute atomic E-state index is 12.8. The van der Waals surface area contributed by atoms with Gasteiger partial charge in [-0.25, -0.2) is 9.37 Å². The SMILES string of the molecule is Nc1nccnc1C1CN(C(=O)COc2ccc(F)cc2)CCO1. The number of aromatic nitrogens is 2. The first kappa shape index (κ1) is 16.1. The molecule has 0 radical (unpaired) electrons. The van der Waals surface area contributed by atoms with E-state index >= 15 is 0 Å². The lowest BCUT2D eigenvalue weighted by Gasteiger charge is -2.32. The highest BCUT2D eigenvalue weighted by Gasteiger charge is 2.28. The Labute approximate surface area is 138 Å². The quantitative estimate of drug-likeness (QED) is 0.904. The van der Waals surface area contributed by atoms with Crippen molar-refractivity contribution in [2.45, 2.75) is 6.10 Å². The normalized spacial score (nSPS) is 17.5. The van der Waals surface area contributed by atoms with Crippen LogP contribution in [-0.2, 0) is 9.53 Å². The summed E-state index contributed by atoms with van der Waals surface area (Å²) in [6, 6.07) is 5.51. The van der Waals surface area contributed by atoms with E-state index in [1.807, 2.05) is 0 Å². The number of benzene rings is 1. The van der Waals surface area contributed by atoms with E-state index in [0.29, 0.717) is 37.0 Å². The first-order valence-electron chi connectivity index (χ1n) is 7.47. The summed E-state index contributed by atoms with van der Waals surface area (Å²) in [6.07, 6.45) is 2.62. The van der Waals surface area contributed by atoms with Gasteiger partial charge in [0.05, 0.1) is 13.2 Å². The molecular formula is C16H17FN4O3. The van der Waals surface area contributed by atoms with Crippen molar-refractivity contribution in [3.8, 4) is 5.75 Å². The predicted molar refractivity (Wildman–Crippen MR) is 83.6 cm³/mol. The van der Waals surface area contributed by atoms with Crippen LogP contribution >= 0.6 is 0 Å². The zero-order chi connectivity index (χ0) is 16.9. The summed E-state index contributed by atoms with van der Waals surface area (Å²) in [5.74, 6) is 0.188. The molecule has 1 fully saturated rings. The van der Waals surface area contributed by atoms with Crippen LogP contribution in [-0.4, -0.2) is 47.1 Å². The maximum Gasteiger partial charge on any atom is 0.260 e. The van der Waals surface area contributed by atoms with Crippen LogP contribution in [0.5, 0.6) is 5.75 Å². The number of carbonyl (C=O) groups excluding carboxylic acids is 1. The van der Waals surface area contributed by atoms with Gasteiger partial charge in [0.25, 0.3) is 5.91 Å². The Morgan fingerprint density at radius 1 is 1.33 bits per heavy atom. The molecular weight excluding hydrogens is 315 g/mol. The van der Waals surface area contributed by atoms with Gasteiger partial charge in [0.2, 0.25) is 0 Å². The van der Waals surface area contributed by atoms with Gasteiger partial charge in [-0.2, -0.15) is 0 Å². The zero-order valence-corrected chi connectivity index (χ0v) is 12.9. The maximum atomic E-state index is 12.8. The van der Waals surface area contributed by atoms with Crippen LogP contribution in [0, 0.1) is 5.82 Å². The number of nitrogens with zero attached hydrogens (tertiary/aromatic N) is 3. The van der Waals surface area contributed by atoms with Crippen molar-refractivity contribution in [3.05, 3.63) is 48.2 Å². The first-order valence-corrected chi connectivity index (χ1v) is 7.47. The molecule has 1 amide bonds. The molecule has 1 aliphatic rings. The molecule has 1 aliphatic heterocycles. The van der Waals surface area contributed by atoms with E-state index in [-0.39, 0.29) is 18.3 Å². The van der Waals surface area contributed by atoms with Crippen LogP contribution in [0.2, 0.25) is 0 Å². The van der Waals surface area contributed by atoms with E-state index in [1.54, 1.807) is 4.90 Å². The Kier molecular flexibility index (Phi) is 4.85. The lowest BCUT2D eigenvalue weighted by atomic mass is 10.2. The van der Waals surface area contributed by atoms with Gasteiger partial charge in [-0.1, -0.05) is 0 Å². The van der Waals surface area contributed by atoms with Crippen molar-refractivity contribution in [3.63, 3.8) is 0 Å². The van der Waals surface area contributed by atoms with Crippen molar-refractivity contribution < 1.29 is 18.7 Å². The molecule has 7 nitrogen and oxygen atoms in total. The van der Waals surface area contributed by atoms with Crippen molar-refractivity contribution in [1.29, 1.82) is 0 Å². The van der Waals surface area contributed by atoms with Gasteiger partial charge in [0, 0.05) is 18.9 Å². The number of carbonyl (C=O) groups is 1. The van der Waals surface area contributed by atoms with E-state index in [9.17, 15) is 9.18 Å². The third kappa shape index (κ3) is 3.77. The Morgan fingerprint density at radius 3 is 2.83 bits per heavy atom. The number of halogens is 1. The number of rotatable bonds is 4. The van der Waals surface area contributed by atoms with E-state index in [2.05, 4.69) is 9.97 Å². The van der Waals surface area contributed by atoms with Gasteiger partial charge >= 0.3 is 0 Å². The molecule has 1 saturated heterocycles. The van der Waals surface area contributed by atoms with Gasteiger partial charge in [0.1, 0.15) is 29.2 Å². The van der Waals surface area contributed by atoms with Gasteiger partial charge in [-0.15, -0.1) is 0 Å². The number of ether oxygens (including phenoxy) is 2. The fraction of sp³-hybridized carbons (Fsp3) is 0.312. The van der Waals surface area contributed by atoms with Gasteiger partial charge in [-0.05, 0) is 24.3 Å². The molecule has 1 atom stereocenters. The fourth-order valence-electron chi connectivity index (χ4n) is 2.42. The molecule has 0 aliphatic carbocycles. The van der Waals surface area contributed by atoms with Gasteiger partial charge < -0.3 is 20.1 Å². The number of nitrogens with two attached hydrogens (primary N) is 1. The number of hydrogen-bond donors (Lipinski definition) is 1. The van der Waals surface area contributed by atoms with E-state index in [0.717, 1.165) is 0 Å². The zero-order valence-electron chi connectivity index (χ0n) is 12.9. The topological polar surface area (TPSA) is 90.6 Å². The summed E-state index contributed by atoms with van der Waals surface area (Å²) in [7, 11) is 0. The van der Waals surface area contributed by atoms with E-state index in [4.69, 9.17) is 15.2 Å². The standard InChI is InChI=1S/C16H17FN4O3/c17-11-1-3-12(4-2-11)24-10-14(22)21-7-8-23-13(9-21)15-16(18)20-6-5-19-15/h1-6,13H,7-10H2,(H2,18,20). The second-order valence-electron chi connectivity index (χ2n) is 5.27. The van der Waals surface area contributed by atoms with Crippen molar-refractivity contribution in [2.75, 3.05) is 32.0 Å². The lowest BCUT2D eigenvalue weighted by Crippen LogP contribution is -2.44. The van der Waals surface area contributed by atoms with Crippen molar-refractivity contribution >= 4 is 11.7 Å². The van der Waals surface area contributed by atoms with Crippen molar-refractivity contribution in [2.24, 2.45) is 0 Å². The van der Waals surface area contributed by atoms with Gasteiger partial charge in [0.15, 0.2) is 6.61 Å². The third-order valence-corrected chi connectivity index (χ3v) is 3.66. The Hall–Kier alpha value is -2.74. The van der Waals surface area contributed by atoms with Crippen LogP contribution in [0.25, 0.3) is 0 Å². The number of anilines is 1. The Morgan fingerprint density at radius 2 is 2.08 bits per heavy atom. The minimum Gasteiger partial charge on any atom is -0.484 e. The monoisotopic (exact) mass is 332 g/mol. The predicted octanol–water partition coefficient (Wildman–Crippen LogP) is 1.18. The van der Waals surface area contributed by atoms with Crippen LogP contribution in [0.15, 0.2) is 36.7 Å². The Balaban J connectivity index is 1.59. The molecule has 1 unspecified atom stereocenters. The molecule has 1 aromatic carbocycles. The molecule has 126 valence electrons. The molecule has 1 aromatic heterocycles. The first-order chi connectivity index (χ1) is 11.6. The molecule has 2 aromatic rings. The molecule has 0 bridgehead atoms. The molecule has 0 saturated carbocycles. The van der Waals surface area contributed by atoms with Crippen LogP contribution < -0.4 is 10.5 Å². The Bertz CT molecular complexity index is 711. The smallest absolute Gasteiger partial charge is 0.260 e. The lowest BCUT2D eigenvalue weighted by molar-refractivity contribution is -0.141. The molecule has 0 spiro atoms. The molecule has 2 heterocycles. The molecule has 3 rings (SSSR count). The second kappa shape index (κ2) is 7.22. The van der Waals surface area contributed by atoms with E-state index < -0.39 is 6.10 Å². The fourth-order valence-corrected chi connectivity index (χ4v) is 2.42. The van der Waals surface area contributed by atoms with E-state index in [1.165, 1.54) is 36.7 Å². The summed E-state index contributed by atoms with van der Waals surface area (Å²) < 4.78 is 23.9. The van der Waals surface area contributed by atoms with Crippen LogP contribution in [0.4, 0.5) is 10.2 Å². The summed E-state index contributed by atoms with van der Waals surface area (Å²) in [4.78, 5) is 22.1. The van der Waals surface area contributed by atoms with Crippen LogP contribution in [0.1, 0.15) is 11.8 Å². The number of amides is 1. The van der Waals surface area contributed by atoms with Crippen LogP contribution in [0.3, 0.4) is 0 Å². The van der Waals surface area contributed by atoms with Crippen molar-refractivity contribution in [1.82, 2.24) is 14.9 Å². The molecule has 24 heavy (non-hydrogen) atoms. The summed E-state index contributed by atoms with van der Waals surface area (Å²) in [5, 5.41) is 0.